The van der Waals surface area contributed by atoms with Gasteiger partial charge < -0.3 is 0 Å². The van der Waals surface area contributed by atoms with E-state index in [1.807, 2.05) is 24.3 Å². The number of hydrogen-bond donors (Lipinski definition) is 3. The second-order valence-corrected chi connectivity index (χ2v) is 9.35. The Hall–Kier alpha value is -4.28. The molecule has 4 rings (SSSR count). The first kappa shape index (κ1) is 23.9. The summed E-state index contributed by atoms with van der Waals surface area (Å²) in [5.74, 6) is -1.17. The van der Waals surface area contributed by atoms with Crippen LogP contribution in [-0.4, -0.2) is 30.0 Å². The van der Waals surface area contributed by atoms with Gasteiger partial charge in [-0.15, -0.1) is 0 Å². The average molecular weight is 490 g/mol. The number of hydrogen-bond acceptors (Lipinski definition) is 5. The molecule has 0 radical (unpaired) electrons. The summed E-state index contributed by atoms with van der Waals surface area (Å²) < 4.78 is 29.4. The summed E-state index contributed by atoms with van der Waals surface area (Å²) in [5, 5.41) is 4.15. The minimum absolute atomic E-state index is 0.0638. The van der Waals surface area contributed by atoms with E-state index >= 15 is 0 Å². The van der Waals surface area contributed by atoms with Crippen LogP contribution in [0.1, 0.15) is 27.5 Å². The van der Waals surface area contributed by atoms with Gasteiger partial charge in [0.25, 0.3) is 11.8 Å². The molecule has 0 aliphatic carbocycles. The smallest absolute Gasteiger partial charge is 0.269 e. The molecule has 0 aliphatic rings. The van der Waals surface area contributed by atoms with Gasteiger partial charge in [0.05, 0.1) is 4.90 Å². The summed E-state index contributed by atoms with van der Waals surface area (Å²) in [5.41, 5.74) is 6.32. The van der Waals surface area contributed by atoms with Crippen molar-refractivity contribution in [3.05, 3.63) is 120 Å². The van der Waals surface area contributed by atoms with Crippen molar-refractivity contribution in [1.82, 2.24) is 25.4 Å². The molecule has 1 aromatic heterocycles. The van der Waals surface area contributed by atoms with Gasteiger partial charge in [-0.3, -0.25) is 25.1 Å². The molecule has 0 aliphatic heterocycles. The highest BCUT2D eigenvalue weighted by molar-refractivity contribution is 7.89. The summed E-state index contributed by atoms with van der Waals surface area (Å²) in [6.45, 7) is 0.115. The maximum Gasteiger partial charge on any atom is 0.269 e. The number of hydrazine groups is 1. The van der Waals surface area contributed by atoms with Gasteiger partial charge in [-0.2, -0.15) is 5.10 Å². The summed E-state index contributed by atoms with van der Waals surface area (Å²) in [4.78, 5) is 25.6. The Labute approximate surface area is 202 Å². The maximum absolute atomic E-state index is 12.9. The van der Waals surface area contributed by atoms with E-state index in [0.29, 0.717) is 5.56 Å². The van der Waals surface area contributed by atoms with Crippen LogP contribution in [0, 0.1) is 0 Å². The molecule has 3 aromatic carbocycles. The Kier molecular flexibility index (Phi) is 7.34. The number of amides is 2. The molecule has 1 atom stereocenters. The van der Waals surface area contributed by atoms with Crippen molar-refractivity contribution < 1.29 is 18.0 Å². The van der Waals surface area contributed by atoms with Crippen LogP contribution < -0.4 is 15.6 Å². The fraction of sp³-hybridized carbons (Fsp3) is 0.0800. The molecular weight excluding hydrogens is 466 g/mol. The fourth-order valence-electron chi connectivity index (χ4n) is 3.41. The summed E-state index contributed by atoms with van der Waals surface area (Å²) in [6.07, 6.45) is 3.20. The fourth-order valence-corrected chi connectivity index (χ4v) is 4.48. The highest BCUT2D eigenvalue weighted by atomic mass is 32.2. The van der Waals surface area contributed by atoms with Crippen LogP contribution in [0.2, 0.25) is 0 Å². The maximum atomic E-state index is 12.9. The standard InChI is InChI=1S/C25H23N5O4S/c31-24(28-29-25(32)23(30-16-8-15-26-30)20-11-5-2-6-12-20)21-13-7-14-22(17-21)35(33,34)27-18-19-9-3-1-4-10-19/h1-17,23,27H,18H2,(H,28,31)(H,29,32). The quantitative estimate of drug-likeness (QED) is 0.328. The lowest BCUT2D eigenvalue weighted by Gasteiger charge is -2.18. The first-order valence-electron chi connectivity index (χ1n) is 10.7. The molecule has 0 bridgehead atoms. The number of rotatable bonds is 8. The van der Waals surface area contributed by atoms with E-state index in [0.717, 1.165) is 5.56 Å². The Morgan fingerprint density at radius 1 is 0.857 bits per heavy atom. The minimum atomic E-state index is -3.85. The highest BCUT2D eigenvalue weighted by Crippen LogP contribution is 2.17. The van der Waals surface area contributed by atoms with Crippen molar-refractivity contribution in [2.75, 3.05) is 0 Å². The number of nitrogens with zero attached hydrogens (tertiary/aromatic N) is 2. The second kappa shape index (κ2) is 10.8. The van der Waals surface area contributed by atoms with E-state index < -0.39 is 27.9 Å². The van der Waals surface area contributed by atoms with Crippen LogP contribution in [0.15, 0.2) is 108 Å². The molecule has 178 valence electrons. The lowest BCUT2D eigenvalue weighted by molar-refractivity contribution is -0.124. The molecule has 1 heterocycles. The monoisotopic (exact) mass is 489 g/mol. The van der Waals surface area contributed by atoms with E-state index in [1.165, 1.54) is 28.9 Å². The predicted octanol–water partition coefficient (Wildman–Crippen LogP) is 2.41. The van der Waals surface area contributed by atoms with E-state index in [-0.39, 0.29) is 17.0 Å². The summed E-state index contributed by atoms with van der Waals surface area (Å²) in [6, 6.07) is 24.5. The SMILES string of the molecule is O=C(NNC(=O)C(c1ccccc1)n1cccn1)c1cccc(S(=O)(=O)NCc2ccccc2)c1. The minimum Gasteiger partial charge on any atom is -0.270 e. The normalized spacial score (nSPS) is 12.0. The zero-order valence-corrected chi connectivity index (χ0v) is 19.4. The number of benzene rings is 3. The molecule has 35 heavy (non-hydrogen) atoms. The van der Waals surface area contributed by atoms with Gasteiger partial charge in [0.2, 0.25) is 10.0 Å². The number of carbonyl (C=O) groups excluding carboxylic acids is 2. The third-order valence-electron chi connectivity index (χ3n) is 5.17. The lowest BCUT2D eigenvalue weighted by atomic mass is 10.1. The van der Waals surface area contributed by atoms with Crippen molar-refractivity contribution in [1.29, 1.82) is 0 Å². The van der Waals surface area contributed by atoms with E-state index in [2.05, 4.69) is 20.7 Å². The van der Waals surface area contributed by atoms with Gasteiger partial charge in [-0.1, -0.05) is 66.7 Å². The first-order valence-corrected chi connectivity index (χ1v) is 12.2. The third kappa shape index (κ3) is 5.99. The largest absolute Gasteiger partial charge is 0.270 e. The molecule has 0 saturated heterocycles. The average Bonchev–Trinajstić information content (AvgIpc) is 3.42. The van der Waals surface area contributed by atoms with Crippen molar-refractivity contribution in [3.63, 3.8) is 0 Å². The van der Waals surface area contributed by atoms with Gasteiger partial charge in [-0.05, 0) is 35.4 Å². The van der Waals surface area contributed by atoms with E-state index in [9.17, 15) is 18.0 Å². The number of aromatic nitrogens is 2. The van der Waals surface area contributed by atoms with Crippen LogP contribution in [-0.2, 0) is 21.4 Å². The molecule has 0 fully saturated rings. The van der Waals surface area contributed by atoms with Crippen LogP contribution in [0.5, 0.6) is 0 Å². The molecule has 10 heteroatoms. The zero-order valence-electron chi connectivity index (χ0n) is 18.5. The molecule has 4 aromatic rings. The van der Waals surface area contributed by atoms with Gasteiger partial charge in [0.15, 0.2) is 6.04 Å². The Bertz CT molecular complexity index is 1390. The molecule has 0 spiro atoms. The van der Waals surface area contributed by atoms with Gasteiger partial charge in [-0.25, -0.2) is 13.1 Å². The van der Waals surface area contributed by atoms with Crippen molar-refractivity contribution in [2.45, 2.75) is 17.5 Å². The number of carbonyl (C=O) groups is 2. The summed E-state index contributed by atoms with van der Waals surface area (Å²) >= 11 is 0. The first-order chi connectivity index (χ1) is 16.9. The molecular formula is C25H23N5O4S. The molecule has 2 amide bonds. The second-order valence-electron chi connectivity index (χ2n) is 7.58. The van der Waals surface area contributed by atoms with Crippen molar-refractivity contribution in [3.8, 4) is 0 Å². The van der Waals surface area contributed by atoms with Crippen LogP contribution >= 0.6 is 0 Å². The van der Waals surface area contributed by atoms with E-state index in [4.69, 9.17) is 0 Å². The van der Waals surface area contributed by atoms with Gasteiger partial charge in [0, 0.05) is 24.5 Å². The van der Waals surface area contributed by atoms with Gasteiger partial charge in [0.1, 0.15) is 0 Å². The highest BCUT2D eigenvalue weighted by Gasteiger charge is 2.24. The van der Waals surface area contributed by atoms with Crippen molar-refractivity contribution >= 4 is 21.8 Å². The Balaban J connectivity index is 1.43. The molecule has 3 N–H and O–H groups in total. The van der Waals surface area contributed by atoms with Crippen LogP contribution in [0.3, 0.4) is 0 Å². The number of sulfonamides is 1. The predicted molar refractivity (Wildman–Crippen MR) is 129 cm³/mol. The van der Waals surface area contributed by atoms with Crippen LogP contribution in [0.25, 0.3) is 0 Å². The topological polar surface area (TPSA) is 122 Å². The lowest BCUT2D eigenvalue weighted by Crippen LogP contribution is -2.45. The van der Waals surface area contributed by atoms with Gasteiger partial charge >= 0.3 is 0 Å². The number of nitrogens with one attached hydrogen (secondary N) is 3. The summed E-state index contributed by atoms with van der Waals surface area (Å²) in [7, 11) is -3.85. The Morgan fingerprint density at radius 2 is 1.57 bits per heavy atom. The molecule has 1 unspecified atom stereocenters. The van der Waals surface area contributed by atoms with Crippen molar-refractivity contribution in [2.24, 2.45) is 0 Å². The Morgan fingerprint density at radius 3 is 2.26 bits per heavy atom. The molecule has 0 saturated carbocycles. The molecule has 9 nitrogen and oxygen atoms in total. The van der Waals surface area contributed by atoms with E-state index in [1.54, 1.807) is 54.9 Å². The van der Waals surface area contributed by atoms with Crippen LogP contribution in [0.4, 0.5) is 0 Å². The zero-order chi connectivity index (χ0) is 24.7. The third-order valence-corrected chi connectivity index (χ3v) is 6.57.